The van der Waals surface area contributed by atoms with Gasteiger partial charge < -0.3 is 9.84 Å². The molecule has 1 unspecified atom stereocenters. The van der Waals surface area contributed by atoms with Gasteiger partial charge in [0, 0.05) is 17.0 Å². The molecule has 6 rings (SSSR count). The second kappa shape index (κ2) is 10.0. The minimum atomic E-state index is -0.337. The molecule has 2 aliphatic heterocycles. The number of nitrogens with zero attached hydrogens (tertiary/aromatic N) is 3. The number of phenols is 1. The van der Waals surface area contributed by atoms with E-state index in [0.29, 0.717) is 27.7 Å². The van der Waals surface area contributed by atoms with Crippen molar-refractivity contribution in [3.05, 3.63) is 112 Å². The number of thioether (sulfide) groups is 1. The Morgan fingerprint density at radius 2 is 1.82 bits per heavy atom. The topological polar surface area (TPSA) is 74.5 Å². The number of methoxy groups -OCH3 is 1. The summed E-state index contributed by atoms with van der Waals surface area (Å²) in [7, 11) is 1.64. The smallest absolute Gasteiger partial charge is 0.311 e. The largest absolute Gasteiger partial charge is 0.507 e. The number of benzene rings is 4. The van der Waals surface area contributed by atoms with Crippen LogP contribution < -0.4 is 4.74 Å². The van der Waals surface area contributed by atoms with Crippen LogP contribution in [0.1, 0.15) is 29.2 Å². The molecule has 2 heterocycles. The van der Waals surface area contributed by atoms with Crippen LogP contribution in [-0.4, -0.2) is 34.0 Å². The molecule has 0 saturated heterocycles. The quantitative estimate of drug-likeness (QED) is 0.288. The maximum Gasteiger partial charge on any atom is 0.311 e. The lowest BCUT2D eigenvalue weighted by Crippen LogP contribution is -2.26. The summed E-state index contributed by atoms with van der Waals surface area (Å²) in [5.74, 6) is 1.26. The first kappa shape index (κ1) is 24.3. The van der Waals surface area contributed by atoms with E-state index in [1.165, 1.54) is 6.07 Å². The van der Waals surface area contributed by atoms with E-state index >= 15 is 0 Å². The molecule has 4 aromatic carbocycles. The Morgan fingerprint density at radius 3 is 2.61 bits per heavy atom. The van der Waals surface area contributed by atoms with E-state index in [-0.39, 0.29) is 17.0 Å². The summed E-state index contributed by atoms with van der Waals surface area (Å²) in [5.41, 5.74) is 3.43. The van der Waals surface area contributed by atoms with Gasteiger partial charge in [-0.15, -0.1) is 0 Å². The number of carbonyl (C=O) groups is 1. The van der Waals surface area contributed by atoms with Gasteiger partial charge in [-0.1, -0.05) is 60.1 Å². The number of halogens is 1. The van der Waals surface area contributed by atoms with Crippen molar-refractivity contribution in [1.82, 2.24) is 5.01 Å². The van der Waals surface area contributed by atoms with Gasteiger partial charge in [0.15, 0.2) is 5.84 Å². The number of amides is 1. The molecule has 1 N–H and O–H groups in total. The zero-order valence-electron chi connectivity index (χ0n) is 20.3. The van der Waals surface area contributed by atoms with Gasteiger partial charge in [0.05, 0.1) is 23.8 Å². The van der Waals surface area contributed by atoms with E-state index in [0.717, 1.165) is 45.1 Å². The molecule has 6 nitrogen and oxygen atoms in total. The van der Waals surface area contributed by atoms with Crippen molar-refractivity contribution in [2.75, 3.05) is 7.11 Å². The van der Waals surface area contributed by atoms with Gasteiger partial charge >= 0.3 is 5.24 Å². The average Bonchev–Trinajstić information content (AvgIpc) is 3.54. The molecule has 0 aliphatic carbocycles. The summed E-state index contributed by atoms with van der Waals surface area (Å²) in [5, 5.41) is 19.6. The highest BCUT2D eigenvalue weighted by atomic mass is 35.5. The number of hydrogen-bond acceptors (Lipinski definition) is 6. The number of aliphatic imine (C=N–C) groups is 1. The number of ether oxygens (including phenoxy) is 1. The minimum Gasteiger partial charge on any atom is -0.507 e. The first-order valence-electron chi connectivity index (χ1n) is 12.0. The summed E-state index contributed by atoms with van der Waals surface area (Å²) in [6, 6.07) is 27.0. The third-order valence-corrected chi connectivity index (χ3v) is 7.62. The van der Waals surface area contributed by atoms with Crippen LogP contribution in [0.15, 0.2) is 99.9 Å². The first-order chi connectivity index (χ1) is 18.5. The van der Waals surface area contributed by atoms with Gasteiger partial charge in [-0.25, -0.2) is 5.01 Å². The van der Waals surface area contributed by atoms with Crippen LogP contribution in [-0.2, 0) is 0 Å². The highest BCUT2D eigenvalue weighted by Crippen LogP contribution is 2.41. The van der Waals surface area contributed by atoms with E-state index < -0.39 is 0 Å². The number of rotatable bonds is 4. The molecule has 0 saturated carbocycles. The van der Waals surface area contributed by atoms with E-state index in [1.54, 1.807) is 25.3 Å². The third-order valence-electron chi connectivity index (χ3n) is 6.60. The van der Waals surface area contributed by atoms with Gasteiger partial charge in [0.2, 0.25) is 0 Å². The molecular weight excluding hydrogens is 518 g/mol. The Morgan fingerprint density at radius 1 is 1.03 bits per heavy atom. The normalized spacial score (nSPS) is 18.3. The molecule has 1 amide bonds. The molecule has 0 fully saturated rings. The monoisotopic (exact) mass is 539 g/mol. The van der Waals surface area contributed by atoms with E-state index in [2.05, 4.69) is 35.3 Å². The maximum atomic E-state index is 12.5. The van der Waals surface area contributed by atoms with Crippen LogP contribution in [0.25, 0.3) is 16.8 Å². The molecule has 0 aromatic heterocycles. The average molecular weight is 540 g/mol. The SMILES string of the molecule is COc1ccc(C2CC(c3ccc4ccccc4c3)=NN2C2=NC(=O)S/C2=C\c2cc(Cl)ccc2O)cc1. The number of phenolic OH excluding ortho intramolecular Hbond substituents is 1. The van der Waals surface area contributed by atoms with Gasteiger partial charge in [-0.2, -0.15) is 10.1 Å². The van der Waals surface area contributed by atoms with Gasteiger partial charge in [0.1, 0.15) is 11.5 Å². The number of aromatic hydroxyl groups is 1. The van der Waals surface area contributed by atoms with Gasteiger partial charge in [0.25, 0.3) is 0 Å². The molecule has 0 radical (unpaired) electrons. The lowest BCUT2D eigenvalue weighted by molar-refractivity contribution is 0.267. The zero-order valence-corrected chi connectivity index (χ0v) is 21.9. The third kappa shape index (κ3) is 4.66. The number of carbonyl (C=O) groups excluding carboxylic acids is 1. The highest BCUT2D eigenvalue weighted by Gasteiger charge is 2.37. The summed E-state index contributed by atoms with van der Waals surface area (Å²) in [6.45, 7) is 0. The van der Waals surface area contributed by atoms with Crippen molar-refractivity contribution in [3.63, 3.8) is 0 Å². The van der Waals surface area contributed by atoms with E-state index in [4.69, 9.17) is 21.4 Å². The molecule has 8 heteroatoms. The molecule has 188 valence electrons. The van der Waals surface area contributed by atoms with Crippen molar-refractivity contribution in [2.24, 2.45) is 10.1 Å². The van der Waals surface area contributed by atoms with Crippen molar-refractivity contribution >= 4 is 57.0 Å². The highest BCUT2D eigenvalue weighted by molar-refractivity contribution is 8.18. The second-order valence-electron chi connectivity index (χ2n) is 8.96. The molecular formula is C30H22ClN3O3S. The standard InChI is InChI=1S/C30H22ClN3O3S/c1-37-24-11-8-19(9-12-24)26-17-25(21-7-6-18-4-2-3-5-20(18)14-21)33-34(26)29-28(38-30(36)32-29)16-22-15-23(31)10-13-27(22)35/h2-16,26,35H,17H2,1H3/b28-16-. The Hall–Kier alpha value is -4.07. The van der Waals surface area contributed by atoms with Crippen molar-refractivity contribution in [2.45, 2.75) is 12.5 Å². The Kier molecular flexibility index (Phi) is 6.39. The fraction of sp³-hybridized carbons (Fsp3) is 0.100. The van der Waals surface area contributed by atoms with Crippen LogP contribution >= 0.6 is 23.4 Å². The van der Waals surface area contributed by atoms with Crippen LogP contribution in [0.2, 0.25) is 5.02 Å². The van der Waals surface area contributed by atoms with Crippen molar-refractivity contribution in [1.29, 1.82) is 0 Å². The van der Waals surface area contributed by atoms with Crippen LogP contribution in [0.5, 0.6) is 11.5 Å². The van der Waals surface area contributed by atoms with Crippen molar-refractivity contribution in [3.8, 4) is 11.5 Å². The second-order valence-corrected chi connectivity index (χ2v) is 10.4. The van der Waals surface area contributed by atoms with Gasteiger partial charge in [-0.05, 0) is 76.1 Å². The van der Waals surface area contributed by atoms with Gasteiger partial charge in [-0.3, -0.25) is 4.79 Å². The summed E-state index contributed by atoms with van der Waals surface area (Å²) in [4.78, 5) is 17.5. The van der Waals surface area contributed by atoms with E-state index in [1.807, 2.05) is 41.4 Å². The fourth-order valence-corrected chi connectivity index (χ4v) is 5.60. The summed E-state index contributed by atoms with van der Waals surface area (Å²) < 4.78 is 5.35. The molecule has 0 spiro atoms. The lowest BCUT2D eigenvalue weighted by atomic mass is 9.97. The Labute approximate surface area is 228 Å². The summed E-state index contributed by atoms with van der Waals surface area (Å²) in [6.07, 6.45) is 2.35. The number of hydrogen-bond donors (Lipinski definition) is 1. The van der Waals surface area contributed by atoms with Crippen molar-refractivity contribution < 1.29 is 14.6 Å². The molecule has 38 heavy (non-hydrogen) atoms. The Bertz CT molecular complexity index is 1660. The van der Waals surface area contributed by atoms with Crippen LogP contribution in [0.3, 0.4) is 0 Å². The minimum absolute atomic E-state index is 0.0645. The lowest BCUT2D eigenvalue weighted by Gasteiger charge is -2.24. The first-order valence-corrected chi connectivity index (χ1v) is 13.2. The van der Waals surface area contributed by atoms with Crippen LogP contribution in [0, 0.1) is 0 Å². The predicted molar refractivity (Wildman–Crippen MR) is 154 cm³/mol. The molecule has 2 aliphatic rings. The zero-order chi connectivity index (χ0) is 26.2. The van der Waals surface area contributed by atoms with E-state index in [9.17, 15) is 9.90 Å². The summed E-state index contributed by atoms with van der Waals surface area (Å²) >= 11 is 7.17. The molecule has 4 aromatic rings. The number of amidine groups is 1. The predicted octanol–water partition coefficient (Wildman–Crippen LogP) is 7.66. The fourth-order valence-electron chi connectivity index (χ4n) is 4.68. The molecule has 1 atom stereocenters. The number of fused-ring (bicyclic) bond motifs is 1. The van der Waals surface area contributed by atoms with Crippen LogP contribution in [0.4, 0.5) is 4.79 Å². The molecule has 0 bridgehead atoms. The maximum absolute atomic E-state index is 12.5. The Balaban J connectivity index is 1.44. The number of hydrazone groups is 1.